The molecule has 0 radical (unpaired) electrons. The summed E-state index contributed by atoms with van der Waals surface area (Å²) in [5, 5.41) is 2.69. The van der Waals surface area contributed by atoms with Gasteiger partial charge in [-0.15, -0.1) is 0 Å². The SMILES string of the molecule is CC(=O)NCc1cnc2ccccc2n1. The van der Waals surface area contributed by atoms with Crippen LogP contribution in [0.15, 0.2) is 30.5 Å². The molecule has 0 aliphatic heterocycles. The number of nitrogens with one attached hydrogen (secondary N) is 1. The van der Waals surface area contributed by atoms with Gasteiger partial charge < -0.3 is 5.32 Å². The van der Waals surface area contributed by atoms with Crippen LogP contribution in [0.5, 0.6) is 0 Å². The summed E-state index contributed by atoms with van der Waals surface area (Å²) in [6.07, 6.45) is 1.68. The number of para-hydroxylation sites is 2. The summed E-state index contributed by atoms with van der Waals surface area (Å²) in [6.45, 7) is 1.90. The van der Waals surface area contributed by atoms with E-state index in [-0.39, 0.29) is 5.91 Å². The van der Waals surface area contributed by atoms with Gasteiger partial charge in [0, 0.05) is 6.92 Å². The molecule has 0 fully saturated rings. The van der Waals surface area contributed by atoms with Crippen LogP contribution in [-0.4, -0.2) is 15.9 Å². The third-order valence-corrected chi connectivity index (χ3v) is 2.02. The molecule has 0 saturated heterocycles. The molecular weight excluding hydrogens is 190 g/mol. The second kappa shape index (κ2) is 4.04. The van der Waals surface area contributed by atoms with Crippen molar-refractivity contribution in [3.05, 3.63) is 36.2 Å². The number of carbonyl (C=O) groups is 1. The molecule has 0 saturated carbocycles. The normalized spacial score (nSPS) is 10.2. The van der Waals surface area contributed by atoms with Crippen molar-refractivity contribution < 1.29 is 4.79 Å². The van der Waals surface area contributed by atoms with Gasteiger partial charge in [0.15, 0.2) is 0 Å². The zero-order valence-corrected chi connectivity index (χ0v) is 8.40. The first-order valence-electron chi connectivity index (χ1n) is 4.71. The van der Waals surface area contributed by atoms with Gasteiger partial charge in [-0.3, -0.25) is 9.78 Å². The first-order valence-corrected chi connectivity index (χ1v) is 4.71. The highest BCUT2D eigenvalue weighted by molar-refractivity contribution is 5.74. The Balaban J connectivity index is 2.26. The van der Waals surface area contributed by atoms with Crippen molar-refractivity contribution >= 4 is 16.9 Å². The maximum absolute atomic E-state index is 10.7. The van der Waals surface area contributed by atoms with Gasteiger partial charge in [0.25, 0.3) is 0 Å². The summed E-state index contributed by atoms with van der Waals surface area (Å²) in [4.78, 5) is 19.3. The fourth-order valence-corrected chi connectivity index (χ4v) is 1.30. The Morgan fingerprint density at radius 2 is 2.07 bits per heavy atom. The number of amides is 1. The minimum Gasteiger partial charge on any atom is -0.351 e. The molecule has 2 aromatic rings. The van der Waals surface area contributed by atoms with E-state index in [1.165, 1.54) is 6.92 Å². The Bertz CT molecular complexity index is 496. The quantitative estimate of drug-likeness (QED) is 0.796. The first-order chi connectivity index (χ1) is 7.25. The molecule has 1 amide bonds. The Morgan fingerprint density at radius 3 is 2.80 bits per heavy atom. The predicted molar refractivity (Wildman–Crippen MR) is 57.1 cm³/mol. The van der Waals surface area contributed by atoms with Crippen LogP contribution in [0.2, 0.25) is 0 Å². The van der Waals surface area contributed by atoms with Gasteiger partial charge in [-0.2, -0.15) is 0 Å². The molecular formula is C11H11N3O. The summed E-state index contributed by atoms with van der Waals surface area (Å²) in [5.41, 5.74) is 2.48. The maximum Gasteiger partial charge on any atom is 0.217 e. The van der Waals surface area contributed by atoms with Crippen LogP contribution in [-0.2, 0) is 11.3 Å². The van der Waals surface area contributed by atoms with E-state index >= 15 is 0 Å². The fraction of sp³-hybridized carbons (Fsp3) is 0.182. The van der Waals surface area contributed by atoms with Gasteiger partial charge in [-0.05, 0) is 12.1 Å². The number of benzene rings is 1. The molecule has 1 N–H and O–H groups in total. The summed E-state index contributed by atoms with van der Waals surface area (Å²) in [5.74, 6) is -0.0649. The molecule has 2 rings (SSSR count). The van der Waals surface area contributed by atoms with E-state index in [1.54, 1.807) is 6.20 Å². The minimum atomic E-state index is -0.0649. The van der Waals surface area contributed by atoms with Gasteiger partial charge in [0.1, 0.15) is 0 Å². The summed E-state index contributed by atoms with van der Waals surface area (Å²) in [6, 6.07) is 7.65. The van der Waals surface area contributed by atoms with Crippen LogP contribution in [0.4, 0.5) is 0 Å². The lowest BCUT2D eigenvalue weighted by Gasteiger charge is -2.02. The van der Waals surface area contributed by atoms with E-state index < -0.39 is 0 Å². The second-order valence-electron chi connectivity index (χ2n) is 3.26. The maximum atomic E-state index is 10.7. The van der Waals surface area contributed by atoms with Crippen molar-refractivity contribution in [1.82, 2.24) is 15.3 Å². The average Bonchev–Trinajstić information content (AvgIpc) is 2.26. The van der Waals surface area contributed by atoms with E-state index in [0.717, 1.165) is 16.7 Å². The van der Waals surface area contributed by atoms with Crippen molar-refractivity contribution in [2.45, 2.75) is 13.5 Å². The molecule has 0 spiro atoms. The van der Waals surface area contributed by atoms with Crippen LogP contribution >= 0.6 is 0 Å². The van der Waals surface area contributed by atoms with E-state index in [2.05, 4.69) is 15.3 Å². The predicted octanol–water partition coefficient (Wildman–Crippen LogP) is 1.27. The van der Waals surface area contributed by atoms with Crippen molar-refractivity contribution in [1.29, 1.82) is 0 Å². The third kappa shape index (κ3) is 2.28. The third-order valence-electron chi connectivity index (χ3n) is 2.02. The van der Waals surface area contributed by atoms with Gasteiger partial charge in [-0.25, -0.2) is 4.98 Å². The topological polar surface area (TPSA) is 54.9 Å². The molecule has 76 valence electrons. The summed E-state index contributed by atoms with van der Waals surface area (Å²) < 4.78 is 0. The smallest absolute Gasteiger partial charge is 0.217 e. The molecule has 1 aromatic heterocycles. The number of hydrogen-bond acceptors (Lipinski definition) is 3. The van der Waals surface area contributed by atoms with E-state index in [9.17, 15) is 4.79 Å². The Morgan fingerprint density at radius 1 is 1.33 bits per heavy atom. The zero-order chi connectivity index (χ0) is 10.7. The Kier molecular flexibility index (Phi) is 2.58. The van der Waals surface area contributed by atoms with Gasteiger partial charge >= 0.3 is 0 Å². The highest BCUT2D eigenvalue weighted by Gasteiger charge is 1.99. The number of carbonyl (C=O) groups excluding carboxylic acids is 1. The lowest BCUT2D eigenvalue weighted by molar-refractivity contribution is -0.119. The fourth-order valence-electron chi connectivity index (χ4n) is 1.30. The van der Waals surface area contributed by atoms with E-state index in [4.69, 9.17) is 0 Å². The minimum absolute atomic E-state index is 0.0649. The Labute approximate surface area is 87.4 Å². The standard InChI is InChI=1S/C11H11N3O/c1-8(15)12-6-9-7-13-10-4-2-3-5-11(10)14-9/h2-5,7H,6H2,1H3,(H,12,15). The lowest BCUT2D eigenvalue weighted by atomic mass is 10.3. The molecule has 0 aliphatic carbocycles. The number of rotatable bonds is 2. The Hall–Kier alpha value is -1.97. The van der Waals surface area contributed by atoms with E-state index in [1.807, 2.05) is 24.3 Å². The molecule has 0 atom stereocenters. The van der Waals surface area contributed by atoms with Crippen LogP contribution in [0, 0.1) is 0 Å². The van der Waals surface area contributed by atoms with Crippen molar-refractivity contribution in [3.63, 3.8) is 0 Å². The molecule has 0 bridgehead atoms. The van der Waals surface area contributed by atoms with Crippen molar-refractivity contribution in [2.24, 2.45) is 0 Å². The van der Waals surface area contributed by atoms with E-state index in [0.29, 0.717) is 6.54 Å². The number of fused-ring (bicyclic) bond motifs is 1. The second-order valence-corrected chi connectivity index (χ2v) is 3.26. The summed E-state index contributed by atoms with van der Waals surface area (Å²) in [7, 11) is 0. The van der Waals surface area contributed by atoms with Gasteiger partial charge in [0.05, 0.1) is 29.5 Å². The lowest BCUT2D eigenvalue weighted by Crippen LogP contribution is -2.19. The average molecular weight is 201 g/mol. The molecule has 4 nitrogen and oxygen atoms in total. The van der Waals surface area contributed by atoms with Crippen molar-refractivity contribution in [3.8, 4) is 0 Å². The highest BCUT2D eigenvalue weighted by Crippen LogP contribution is 2.07. The largest absolute Gasteiger partial charge is 0.351 e. The molecule has 15 heavy (non-hydrogen) atoms. The van der Waals surface area contributed by atoms with Crippen LogP contribution in [0.25, 0.3) is 11.0 Å². The highest BCUT2D eigenvalue weighted by atomic mass is 16.1. The summed E-state index contributed by atoms with van der Waals surface area (Å²) >= 11 is 0. The number of aromatic nitrogens is 2. The van der Waals surface area contributed by atoms with Crippen LogP contribution in [0.1, 0.15) is 12.6 Å². The zero-order valence-electron chi connectivity index (χ0n) is 8.40. The number of hydrogen-bond donors (Lipinski definition) is 1. The first kappa shape index (κ1) is 9.58. The van der Waals surface area contributed by atoms with Gasteiger partial charge in [-0.1, -0.05) is 12.1 Å². The van der Waals surface area contributed by atoms with Crippen LogP contribution in [0.3, 0.4) is 0 Å². The molecule has 0 unspecified atom stereocenters. The molecule has 1 aromatic carbocycles. The number of nitrogens with zero attached hydrogens (tertiary/aromatic N) is 2. The van der Waals surface area contributed by atoms with Crippen LogP contribution < -0.4 is 5.32 Å². The van der Waals surface area contributed by atoms with Crippen molar-refractivity contribution in [2.75, 3.05) is 0 Å². The molecule has 4 heteroatoms. The monoisotopic (exact) mass is 201 g/mol. The molecule has 1 heterocycles. The van der Waals surface area contributed by atoms with Gasteiger partial charge in [0.2, 0.25) is 5.91 Å². The molecule has 0 aliphatic rings.